The summed E-state index contributed by atoms with van der Waals surface area (Å²) >= 11 is 0. The molecule has 116 valence electrons. The number of aryl methyl sites for hydroxylation is 1. The Morgan fingerprint density at radius 3 is 2.50 bits per heavy atom. The van der Waals surface area contributed by atoms with Crippen LogP contribution >= 0.6 is 0 Å². The standard InChI is InChI=1S/C19H21F2N/c1-5-19(3,4)15-8-6-7-14(10-15)12-22-18-13(2)9-16(20)11-17(18)21/h6-12H,5H2,1-4H3/b22-12+. The van der Waals surface area contributed by atoms with E-state index in [2.05, 4.69) is 37.9 Å². The molecule has 2 aromatic rings. The lowest BCUT2D eigenvalue weighted by atomic mass is 9.82. The van der Waals surface area contributed by atoms with Crippen LogP contribution in [-0.4, -0.2) is 6.21 Å². The number of hydrogen-bond donors (Lipinski definition) is 0. The van der Waals surface area contributed by atoms with Gasteiger partial charge in [-0.25, -0.2) is 8.78 Å². The van der Waals surface area contributed by atoms with Crippen LogP contribution < -0.4 is 0 Å². The summed E-state index contributed by atoms with van der Waals surface area (Å²) in [7, 11) is 0. The largest absolute Gasteiger partial charge is 0.253 e. The maximum Gasteiger partial charge on any atom is 0.151 e. The first-order valence-corrected chi connectivity index (χ1v) is 7.44. The Morgan fingerprint density at radius 1 is 1.14 bits per heavy atom. The molecule has 0 radical (unpaired) electrons. The number of aliphatic imine (C=N–C) groups is 1. The lowest BCUT2D eigenvalue weighted by Crippen LogP contribution is -2.15. The minimum atomic E-state index is -0.640. The van der Waals surface area contributed by atoms with Gasteiger partial charge < -0.3 is 0 Å². The summed E-state index contributed by atoms with van der Waals surface area (Å²) in [5.74, 6) is -1.22. The fourth-order valence-electron chi connectivity index (χ4n) is 2.24. The van der Waals surface area contributed by atoms with E-state index in [9.17, 15) is 8.78 Å². The molecule has 0 saturated carbocycles. The van der Waals surface area contributed by atoms with Crippen molar-refractivity contribution in [3.63, 3.8) is 0 Å². The van der Waals surface area contributed by atoms with Crippen molar-refractivity contribution in [2.45, 2.75) is 39.5 Å². The first-order chi connectivity index (χ1) is 10.3. The molecule has 0 aliphatic carbocycles. The van der Waals surface area contributed by atoms with E-state index >= 15 is 0 Å². The van der Waals surface area contributed by atoms with Gasteiger partial charge >= 0.3 is 0 Å². The monoisotopic (exact) mass is 301 g/mol. The fourth-order valence-corrected chi connectivity index (χ4v) is 2.24. The van der Waals surface area contributed by atoms with Crippen LogP contribution in [0, 0.1) is 18.6 Å². The molecule has 0 aliphatic rings. The zero-order chi connectivity index (χ0) is 16.3. The summed E-state index contributed by atoms with van der Waals surface area (Å²) in [4.78, 5) is 4.20. The van der Waals surface area contributed by atoms with Gasteiger partial charge in [0.25, 0.3) is 0 Å². The van der Waals surface area contributed by atoms with Crippen LogP contribution in [0.25, 0.3) is 0 Å². The Labute approximate surface area is 130 Å². The number of rotatable bonds is 4. The maximum absolute atomic E-state index is 13.8. The van der Waals surface area contributed by atoms with E-state index in [0.29, 0.717) is 5.56 Å². The third-order valence-electron chi connectivity index (χ3n) is 4.11. The summed E-state index contributed by atoms with van der Waals surface area (Å²) in [5, 5.41) is 0. The normalized spacial score (nSPS) is 12.1. The van der Waals surface area contributed by atoms with Gasteiger partial charge in [0, 0.05) is 12.3 Å². The zero-order valence-corrected chi connectivity index (χ0v) is 13.5. The smallest absolute Gasteiger partial charge is 0.151 e. The van der Waals surface area contributed by atoms with Crippen LogP contribution in [0.5, 0.6) is 0 Å². The lowest BCUT2D eigenvalue weighted by molar-refractivity contribution is 0.506. The average molecular weight is 301 g/mol. The van der Waals surface area contributed by atoms with Crippen LogP contribution in [-0.2, 0) is 5.41 Å². The molecular formula is C19H21F2N. The molecule has 0 aliphatic heterocycles. The Hall–Kier alpha value is -2.03. The van der Waals surface area contributed by atoms with Gasteiger partial charge in [-0.2, -0.15) is 0 Å². The molecule has 0 aromatic heterocycles. The van der Waals surface area contributed by atoms with E-state index in [1.165, 1.54) is 11.6 Å². The SMILES string of the molecule is CCC(C)(C)c1cccc(/C=N/c2c(C)cc(F)cc2F)c1. The quantitative estimate of drug-likeness (QED) is 0.641. The molecular weight excluding hydrogens is 280 g/mol. The molecule has 2 aromatic carbocycles. The van der Waals surface area contributed by atoms with E-state index in [1.807, 2.05) is 12.1 Å². The maximum atomic E-state index is 13.8. The van der Waals surface area contributed by atoms with Crippen molar-refractivity contribution in [3.05, 3.63) is 64.7 Å². The van der Waals surface area contributed by atoms with Gasteiger partial charge in [-0.3, -0.25) is 4.99 Å². The van der Waals surface area contributed by atoms with Gasteiger partial charge in [0.15, 0.2) is 5.82 Å². The van der Waals surface area contributed by atoms with Crippen LogP contribution in [0.1, 0.15) is 43.9 Å². The van der Waals surface area contributed by atoms with Crippen LogP contribution in [0.4, 0.5) is 14.5 Å². The predicted octanol–water partition coefficient (Wildman–Crippen LogP) is 5.71. The summed E-state index contributed by atoms with van der Waals surface area (Å²) in [6.07, 6.45) is 2.65. The van der Waals surface area contributed by atoms with Crippen molar-refractivity contribution < 1.29 is 8.78 Å². The van der Waals surface area contributed by atoms with E-state index < -0.39 is 11.6 Å². The summed E-state index contributed by atoms with van der Waals surface area (Å²) in [6, 6.07) is 10.2. The molecule has 0 bridgehead atoms. The summed E-state index contributed by atoms with van der Waals surface area (Å²) < 4.78 is 26.9. The molecule has 0 N–H and O–H groups in total. The van der Waals surface area contributed by atoms with Gasteiger partial charge in [-0.1, -0.05) is 39.0 Å². The van der Waals surface area contributed by atoms with E-state index in [4.69, 9.17) is 0 Å². The Balaban J connectivity index is 2.34. The molecule has 22 heavy (non-hydrogen) atoms. The second kappa shape index (κ2) is 6.39. The van der Waals surface area contributed by atoms with E-state index in [0.717, 1.165) is 18.1 Å². The van der Waals surface area contributed by atoms with Crippen LogP contribution in [0.3, 0.4) is 0 Å². The molecule has 0 atom stereocenters. The van der Waals surface area contributed by atoms with Crippen molar-refractivity contribution in [2.75, 3.05) is 0 Å². The average Bonchev–Trinajstić information content (AvgIpc) is 2.46. The van der Waals surface area contributed by atoms with Gasteiger partial charge in [0.1, 0.15) is 11.5 Å². The summed E-state index contributed by atoms with van der Waals surface area (Å²) in [5.41, 5.74) is 2.87. The topological polar surface area (TPSA) is 12.4 Å². The fraction of sp³-hybridized carbons (Fsp3) is 0.316. The molecule has 1 nitrogen and oxygen atoms in total. The van der Waals surface area contributed by atoms with Gasteiger partial charge in [-0.15, -0.1) is 0 Å². The second-order valence-electron chi connectivity index (χ2n) is 6.17. The van der Waals surface area contributed by atoms with Gasteiger partial charge in [0.05, 0.1) is 0 Å². The highest BCUT2D eigenvalue weighted by Gasteiger charge is 2.17. The van der Waals surface area contributed by atoms with Crippen LogP contribution in [0.15, 0.2) is 41.4 Å². The van der Waals surface area contributed by atoms with Gasteiger partial charge in [-0.05, 0) is 47.6 Å². The molecule has 0 spiro atoms. The molecule has 0 unspecified atom stereocenters. The Morgan fingerprint density at radius 2 is 1.86 bits per heavy atom. The predicted molar refractivity (Wildman–Crippen MR) is 88.1 cm³/mol. The number of benzene rings is 2. The van der Waals surface area contributed by atoms with Crippen molar-refractivity contribution in [1.82, 2.24) is 0 Å². The number of hydrogen-bond acceptors (Lipinski definition) is 1. The highest BCUT2D eigenvalue weighted by atomic mass is 19.1. The van der Waals surface area contributed by atoms with Crippen LogP contribution in [0.2, 0.25) is 0 Å². The first kappa shape index (κ1) is 16.3. The van der Waals surface area contributed by atoms with E-state index in [-0.39, 0.29) is 11.1 Å². The van der Waals surface area contributed by atoms with Gasteiger partial charge in [0.2, 0.25) is 0 Å². The minimum Gasteiger partial charge on any atom is -0.253 e. The Bertz CT molecular complexity index is 679. The van der Waals surface area contributed by atoms with Crippen molar-refractivity contribution in [3.8, 4) is 0 Å². The zero-order valence-electron chi connectivity index (χ0n) is 13.5. The second-order valence-corrected chi connectivity index (χ2v) is 6.17. The minimum absolute atomic E-state index is 0.0842. The third kappa shape index (κ3) is 3.59. The lowest BCUT2D eigenvalue weighted by Gasteiger charge is -2.23. The van der Waals surface area contributed by atoms with E-state index in [1.54, 1.807) is 13.1 Å². The third-order valence-corrected chi connectivity index (χ3v) is 4.11. The van der Waals surface area contributed by atoms with Crippen molar-refractivity contribution in [2.24, 2.45) is 4.99 Å². The first-order valence-electron chi connectivity index (χ1n) is 7.44. The number of nitrogens with zero attached hydrogens (tertiary/aromatic N) is 1. The Kier molecular flexibility index (Phi) is 4.74. The number of halogens is 2. The molecule has 3 heteroatoms. The highest BCUT2D eigenvalue weighted by Crippen LogP contribution is 2.27. The highest BCUT2D eigenvalue weighted by molar-refractivity contribution is 5.82. The molecule has 0 saturated heterocycles. The molecule has 0 amide bonds. The molecule has 0 fully saturated rings. The van der Waals surface area contributed by atoms with Crippen molar-refractivity contribution >= 4 is 11.9 Å². The summed E-state index contributed by atoms with van der Waals surface area (Å²) in [6.45, 7) is 8.17. The van der Waals surface area contributed by atoms with Crippen molar-refractivity contribution in [1.29, 1.82) is 0 Å². The molecule has 2 rings (SSSR count). The molecule has 0 heterocycles.